The number of amides is 1. The first kappa shape index (κ1) is 31.5. The summed E-state index contributed by atoms with van der Waals surface area (Å²) in [5.74, 6) is 2.03. The molecular weight excluding hydrogens is 586 g/mol. The number of hydrogen-bond donors (Lipinski definition) is 2. The molecule has 0 bridgehead atoms. The Morgan fingerprint density at radius 3 is 2.75 bits per heavy atom. The Hall–Kier alpha value is -3.96. The fourth-order valence-electron chi connectivity index (χ4n) is 6.21. The maximum atomic E-state index is 12.9. The van der Waals surface area contributed by atoms with Crippen LogP contribution in [0.1, 0.15) is 56.3 Å². The number of halogens is 1. The number of carbonyl (C=O) groups excluding carboxylic acids is 1. The molecule has 234 valence electrons. The Morgan fingerprint density at radius 1 is 1.20 bits per heavy atom. The number of aromatic amines is 1. The van der Waals surface area contributed by atoms with Crippen molar-refractivity contribution in [1.29, 1.82) is 0 Å². The van der Waals surface area contributed by atoms with Crippen LogP contribution in [0.25, 0.3) is 22.1 Å². The number of aromatic nitrogens is 3. The number of furan rings is 1. The number of hydrogen-bond acceptors (Lipinski definition) is 8. The lowest BCUT2D eigenvalue weighted by atomic mass is 9.82. The van der Waals surface area contributed by atoms with Crippen LogP contribution >= 0.6 is 11.6 Å². The largest absolute Gasteiger partial charge is 0.483 e. The summed E-state index contributed by atoms with van der Waals surface area (Å²) >= 11 is 6.10. The summed E-state index contributed by atoms with van der Waals surface area (Å²) in [6.45, 7) is 6.07. The van der Waals surface area contributed by atoms with Gasteiger partial charge in [-0.25, -0.2) is 9.97 Å². The third-order valence-corrected chi connectivity index (χ3v) is 8.58. The molecule has 4 aromatic rings. The molecular formula is C32H38ClN5O6. The second-order valence-electron chi connectivity index (χ2n) is 11.3. The summed E-state index contributed by atoms with van der Waals surface area (Å²) in [7, 11) is 0. The summed E-state index contributed by atoms with van der Waals surface area (Å²) in [5, 5.41) is 8.42. The number of para-hydroxylation sites is 1. The summed E-state index contributed by atoms with van der Waals surface area (Å²) in [6.07, 6.45) is 6.27. The van der Waals surface area contributed by atoms with E-state index in [1.165, 1.54) is 6.20 Å². The van der Waals surface area contributed by atoms with E-state index in [2.05, 4.69) is 16.8 Å². The summed E-state index contributed by atoms with van der Waals surface area (Å²) < 4.78 is 12.1. The van der Waals surface area contributed by atoms with Gasteiger partial charge in [0.2, 0.25) is 5.91 Å². The Bertz CT molecular complexity index is 1650. The lowest BCUT2D eigenvalue weighted by molar-refractivity contribution is -0.133. The number of carboxylic acid groups (broad SMARTS) is 1. The topological polar surface area (TPSA) is 142 Å². The molecule has 2 aliphatic heterocycles. The number of anilines is 1. The van der Waals surface area contributed by atoms with Crippen LogP contribution in [0.2, 0.25) is 5.02 Å². The van der Waals surface area contributed by atoms with Crippen LogP contribution in [-0.4, -0.2) is 76.7 Å². The number of carbonyl (C=O) groups is 2. The molecule has 0 aliphatic carbocycles. The number of benzene rings is 1. The number of pyridine rings is 1. The molecule has 2 N–H and O–H groups in total. The van der Waals surface area contributed by atoms with Crippen LogP contribution in [0.4, 0.5) is 5.82 Å². The van der Waals surface area contributed by atoms with Crippen LogP contribution in [0.15, 0.2) is 45.7 Å². The van der Waals surface area contributed by atoms with Gasteiger partial charge in [0.05, 0.1) is 11.6 Å². The van der Waals surface area contributed by atoms with Gasteiger partial charge in [-0.1, -0.05) is 30.7 Å². The van der Waals surface area contributed by atoms with E-state index in [1.54, 1.807) is 6.07 Å². The van der Waals surface area contributed by atoms with E-state index in [4.69, 9.17) is 40.6 Å². The third kappa shape index (κ3) is 7.22. The predicted molar refractivity (Wildman–Crippen MR) is 168 cm³/mol. The molecule has 2 unspecified atom stereocenters. The Labute approximate surface area is 260 Å². The van der Waals surface area contributed by atoms with Crippen LogP contribution < -0.4 is 10.5 Å². The number of nitrogens with one attached hydrogen (secondary N) is 1. The second kappa shape index (κ2) is 14.7. The predicted octanol–water partition coefficient (Wildman–Crippen LogP) is 5.01. The monoisotopic (exact) mass is 623 g/mol. The molecule has 0 spiro atoms. The molecule has 0 saturated carbocycles. The lowest BCUT2D eigenvalue weighted by Crippen LogP contribution is -2.43. The molecule has 44 heavy (non-hydrogen) atoms. The number of H-pyrrole nitrogens is 1. The smallest absolute Gasteiger partial charge is 0.290 e. The number of nitrogens with zero attached hydrogens (tertiary/aromatic N) is 4. The lowest BCUT2D eigenvalue weighted by Gasteiger charge is -2.37. The fourth-order valence-corrected chi connectivity index (χ4v) is 6.38. The average molecular weight is 624 g/mol. The third-order valence-electron chi connectivity index (χ3n) is 8.36. The van der Waals surface area contributed by atoms with Crippen molar-refractivity contribution in [3.05, 3.63) is 63.3 Å². The van der Waals surface area contributed by atoms with Crippen molar-refractivity contribution in [3.63, 3.8) is 0 Å². The highest BCUT2D eigenvalue weighted by molar-refractivity contribution is 6.30. The fraction of sp³-hybridized carbons (Fsp3) is 0.469. The van der Waals surface area contributed by atoms with Crippen molar-refractivity contribution in [1.82, 2.24) is 19.9 Å². The molecule has 1 amide bonds. The van der Waals surface area contributed by atoms with E-state index >= 15 is 0 Å². The molecule has 12 heteroatoms. The molecule has 0 radical (unpaired) electrons. The van der Waals surface area contributed by atoms with Crippen LogP contribution in [-0.2, 0) is 20.7 Å². The quantitative estimate of drug-likeness (QED) is 0.194. The van der Waals surface area contributed by atoms with E-state index in [9.17, 15) is 9.59 Å². The zero-order chi connectivity index (χ0) is 31.1. The number of likely N-dealkylation sites (tertiary alicyclic amines) is 1. The number of piperidine rings is 1. The van der Waals surface area contributed by atoms with Gasteiger partial charge in [-0.15, -0.1) is 0 Å². The van der Waals surface area contributed by atoms with Gasteiger partial charge in [0.25, 0.3) is 12.0 Å². The average Bonchev–Trinajstić information content (AvgIpc) is 3.69. The zero-order valence-electron chi connectivity index (χ0n) is 24.8. The van der Waals surface area contributed by atoms with Crippen LogP contribution in [0.5, 0.6) is 0 Å². The minimum atomic E-state index is -0.250. The van der Waals surface area contributed by atoms with Gasteiger partial charge >= 0.3 is 0 Å². The summed E-state index contributed by atoms with van der Waals surface area (Å²) in [4.78, 5) is 50.2. The Kier molecular flexibility index (Phi) is 10.5. The molecule has 3 aromatic heterocycles. The number of fused-ring (bicyclic) bond motifs is 3. The Morgan fingerprint density at radius 2 is 1.98 bits per heavy atom. The van der Waals surface area contributed by atoms with Gasteiger partial charge in [-0.3, -0.25) is 14.4 Å². The molecule has 2 saturated heterocycles. The first-order valence-corrected chi connectivity index (χ1v) is 15.5. The summed E-state index contributed by atoms with van der Waals surface area (Å²) in [5.41, 5.74) is 3.05. The van der Waals surface area contributed by atoms with E-state index < -0.39 is 0 Å². The highest BCUT2D eigenvalue weighted by Crippen LogP contribution is 2.34. The standard InChI is InChI=1S/C31H36ClN5O4.CH2O2/c1-20-19-37(14-10-22(20)24-17-21(32)18-33-31(24)39)27(38)9-6-15-40-16-11-26-34-28-23-7-2-3-8-25(23)41-29(28)30(35-26)36-12-4-5-13-36;2-1-3/h2-3,7-8,17-18,20,22H,4-6,9-16,19H2,1H3,(H,33,39);1H,(H,2,3). The molecule has 5 heterocycles. The minimum Gasteiger partial charge on any atom is -0.483 e. The summed E-state index contributed by atoms with van der Waals surface area (Å²) in [6, 6.07) is 9.74. The highest BCUT2D eigenvalue weighted by Gasteiger charge is 2.31. The van der Waals surface area contributed by atoms with Crippen molar-refractivity contribution in [3.8, 4) is 0 Å². The number of ether oxygens (including phenoxy) is 1. The molecule has 2 aliphatic rings. The maximum Gasteiger partial charge on any atom is 0.290 e. The van der Waals surface area contributed by atoms with E-state index in [0.29, 0.717) is 56.2 Å². The molecule has 11 nitrogen and oxygen atoms in total. The minimum absolute atomic E-state index is 0.0947. The van der Waals surface area contributed by atoms with Crippen molar-refractivity contribution < 1.29 is 23.8 Å². The van der Waals surface area contributed by atoms with Gasteiger partial charge in [0.1, 0.15) is 16.9 Å². The highest BCUT2D eigenvalue weighted by atomic mass is 35.5. The SMILES string of the molecule is CC1CN(C(=O)CCCOCCc2nc(N3CCCC3)c3oc4ccccc4c3n2)CCC1c1cc(Cl)c[nH]c1=O.O=CO. The normalized spacial score (nSPS) is 18.4. The van der Waals surface area contributed by atoms with Gasteiger partial charge < -0.3 is 29.0 Å². The first-order valence-electron chi connectivity index (χ1n) is 15.1. The van der Waals surface area contributed by atoms with Crippen molar-refractivity contribution in [2.75, 3.05) is 44.3 Å². The van der Waals surface area contributed by atoms with E-state index in [0.717, 1.165) is 66.1 Å². The first-order chi connectivity index (χ1) is 21.4. The second-order valence-corrected chi connectivity index (χ2v) is 11.8. The van der Waals surface area contributed by atoms with Gasteiger partial charge in [-0.05, 0) is 55.7 Å². The molecule has 6 rings (SSSR count). The van der Waals surface area contributed by atoms with Crippen molar-refractivity contribution >= 4 is 51.9 Å². The Balaban J connectivity index is 0.00000123. The van der Waals surface area contributed by atoms with Crippen LogP contribution in [0, 0.1) is 5.92 Å². The van der Waals surface area contributed by atoms with Crippen molar-refractivity contribution in [2.45, 2.75) is 51.4 Å². The molecule has 2 fully saturated rings. The zero-order valence-corrected chi connectivity index (χ0v) is 25.6. The molecule has 2 atom stereocenters. The van der Waals surface area contributed by atoms with Gasteiger partial charge in [0.15, 0.2) is 11.4 Å². The van der Waals surface area contributed by atoms with E-state index in [1.807, 2.05) is 29.2 Å². The van der Waals surface area contributed by atoms with Crippen LogP contribution in [0.3, 0.4) is 0 Å². The van der Waals surface area contributed by atoms with E-state index in [-0.39, 0.29) is 29.8 Å². The van der Waals surface area contributed by atoms with Gasteiger partial charge in [-0.2, -0.15) is 0 Å². The van der Waals surface area contributed by atoms with Gasteiger partial charge in [0, 0.05) is 62.8 Å². The van der Waals surface area contributed by atoms with Crippen molar-refractivity contribution in [2.24, 2.45) is 5.92 Å². The maximum absolute atomic E-state index is 12.9. The number of rotatable bonds is 9. The molecule has 1 aromatic carbocycles.